The van der Waals surface area contributed by atoms with Gasteiger partial charge in [-0.05, 0) is 30.7 Å². The molecule has 2 rings (SSSR count). The molecular weight excluding hydrogens is 294 g/mol. The predicted molar refractivity (Wildman–Crippen MR) is 66.3 cm³/mol. The first-order valence-corrected chi connectivity index (χ1v) is 5.82. The van der Waals surface area contributed by atoms with Gasteiger partial charge in [-0.15, -0.1) is 0 Å². The lowest BCUT2D eigenvalue weighted by atomic mass is 10.0. The van der Waals surface area contributed by atoms with E-state index in [0.717, 1.165) is 6.08 Å². The van der Waals surface area contributed by atoms with Crippen molar-refractivity contribution in [2.45, 2.75) is 6.92 Å². The quantitative estimate of drug-likeness (QED) is 0.405. The minimum absolute atomic E-state index is 0.348. The molecule has 0 aliphatic heterocycles. The third-order valence-corrected chi connectivity index (χ3v) is 2.81. The highest BCUT2D eigenvalue weighted by Gasteiger charge is 2.21. The van der Waals surface area contributed by atoms with Gasteiger partial charge in [-0.2, -0.15) is 0 Å². The van der Waals surface area contributed by atoms with Crippen molar-refractivity contribution in [1.29, 1.82) is 0 Å². The Morgan fingerprint density at radius 2 is 1.29 bits per heavy atom. The third-order valence-electron chi connectivity index (χ3n) is 2.81. The summed E-state index contributed by atoms with van der Waals surface area (Å²) in [7, 11) is 0. The van der Waals surface area contributed by atoms with Crippen LogP contribution in [0.3, 0.4) is 0 Å². The average molecular weight is 302 g/mol. The van der Waals surface area contributed by atoms with E-state index in [-0.39, 0.29) is 5.56 Å². The summed E-state index contributed by atoms with van der Waals surface area (Å²) in [6, 6.07) is 1.48. The smallest absolute Gasteiger partial charge is 0.194 e. The van der Waals surface area contributed by atoms with Crippen molar-refractivity contribution in [2.75, 3.05) is 0 Å². The van der Waals surface area contributed by atoms with Crippen molar-refractivity contribution in [1.82, 2.24) is 0 Å². The van der Waals surface area contributed by atoms with E-state index in [0.29, 0.717) is 18.2 Å². The van der Waals surface area contributed by atoms with Gasteiger partial charge in [0, 0.05) is 5.56 Å². The lowest BCUT2D eigenvalue weighted by molar-refractivity contribution is 0.447. The summed E-state index contributed by atoms with van der Waals surface area (Å²) >= 11 is 0. The van der Waals surface area contributed by atoms with Crippen molar-refractivity contribution >= 4 is 6.08 Å². The molecule has 0 amide bonds. The molecule has 2 aromatic rings. The van der Waals surface area contributed by atoms with Gasteiger partial charge < -0.3 is 0 Å². The van der Waals surface area contributed by atoms with E-state index in [2.05, 4.69) is 0 Å². The molecule has 6 heteroatoms. The molecule has 110 valence electrons. The van der Waals surface area contributed by atoms with E-state index in [9.17, 15) is 26.3 Å². The summed E-state index contributed by atoms with van der Waals surface area (Å²) in [4.78, 5) is 0. The minimum atomic E-state index is -1.77. The predicted octanol–water partition coefficient (Wildman–Crippen LogP) is 5.22. The Balaban J connectivity index is 2.73. The van der Waals surface area contributed by atoms with Crippen LogP contribution in [0.15, 0.2) is 24.3 Å². The molecule has 0 nitrogen and oxygen atoms in total. The van der Waals surface area contributed by atoms with E-state index in [1.54, 1.807) is 0 Å². The normalized spacial score (nSPS) is 11.4. The molecule has 0 aliphatic carbocycles. The Bertz CT molecular complexity index is 710. The highest BCUT2D eigenvalue weighted by Crippen LogP contribution is 2.31. The Kier molecular flexibility index (Phi) is 4.06. The number of rotatable bonds is 2. The molecule has 2 aromatic carbocycles. The summed E-state index contributed by atoms with van der Waals surface area (Å²) in [5.41, 5.74) is -1.94. The molecule has 0 spiro atoms. The van der Waals surface area contributed by atoms with Crippen molar-refractivity contribution in [2.24, 2.45) is 0 Å². The van der Waals surface area contributed by atoms with E-state index < -0.39 is 46.0 Å². The van der Waals surface area contributed by atoms with Crippen LogP contribution in [0.25, 0.3) is 17.2 Å². The zero-order valence-corrected chi connectivity index (χ0v) is 10.7. The number of benzene rings is 2. The zero-order valence-electron chi connectivity index (χ0n) is 10.7. The second kappa shape index (κ2) is 5.63. The molecule has 0 radical (unpaired) electrons. The summed E-state index contributed by atoms with van der Waals surface area (Å²) < 4.78 is 80.6. The summed E-state index contributed by atoms with van der Waals surface area (Å²) in [5.74, 6) is -9.20. The van der Waals surface area contributed by atoms with Crippen LogP contribution in [0, 0.1) is 34.9 Å². The summed E-state index contributed by atoms with van der Waals surface area (Å²) in [6.45, 7) is 1.52. The Labute approximate surface area is 116 Å². The number of hydrogen-bond donors (Lipinski definition) is 0. The van der Waals surface area contributed by atoms with Crippen LogP contribution in [0.1, 0.15) is 12.5 Å². The molecule has 0 atom stereocenters. The van der Waals surface area contributed by atoms with Gasteiger partial charge in [0.2, 0.25) is 0 Å². The van der Waals surface area contributed by atoms with Crippen molar-refractivity contribution in [3.63, 3.8) is 0 Å². The van der Waals surface area contributed by atoms with Gasteiger partial charge in [-0.25, -0.2) is 26.3 Å². The maximum Gasteiger partial charge on any atom is 0.194 e. The standard InChI is InChI=1S/C15H8F6/c1-2-3-7-4-9(16)12(15(21)13(7)19)8-5-10(17)14(20)11(18)6-8/h2-6H,1H3. The fourth-order valence-corrected chi connectivity index (χ4v) is 1.88. The summed E-state index contributed by atoms with van der Waals surface area (Å²) in [6.07, 6.45) is 2.51. The van der Waals surface area contributed by atoms with E-state index >= 15 is 0 Å². The fraction of sp³-hybridized carbons (Fsp3) is 0.0667. The van der Waals surface area contributed by atoms with Gasteiger partial charge in [0.05, 0.1) is 5.56 Å². The van der Waals surface area contributed by atoms with Crippen molar-refractivity contribution < 1.29 is 26.3 Å². The van der Waals surface area contributed by atoms with Crippen LogP contribution in [0.4, 0.5) is 26.3 Å². The molecule has 0 aliphatic rings. The maximum absolute atomic E-state index is 13.9. The van der Waals surface area contributed by atoms with Crippen LogP contribution < -0.4 is 0 Å². The Morgan fingerprint density at radius 3 is 1.81 bits per heavy atom. The van der Waals surface area contributed by atoms with E-state index in [4.69, 9.17) is 0 Å². The van der Waals surface area contributed by atoms with Gasteiger partial charge in [0.1, 0.15) is 5.82 Å². The van der Waals surface area contributed by atoms with Crippen molar-refractivity contribution in [3.8, 4) is 11.1 Å². The molecular formula is C15H8F6. The number of allylic oxidation sites excluding steroid dienone is 1. The largest absolute Gasteiger partial charge is 0.206 e. The maximum atomic E-state index is 13.9. The average Bonchev–Trinajstić information content (AvgIpc) is 2.42. The lowest BCUT2D eigenvalue weighted by Gasteiger charge is -2.09. The molecule has 0 N–H and O–H groups in total. The molecule has 0 unspecified atom stereocenters. The first-order chi connectivity index (χ1) is 9.86. The second-order valence-corrected chi connectivity index (χ2v) is 4.20. The third kappa shape index (κ3) is 2.66. The molecule has 21 heavy (non-hydrogen) atoms. The van der Waals surface area contributed by atoms with E-state index in [1.807, 2.05) is 0 Å². The first kappa shape index (κ1) is 15.2. The van der Waals surface area contributed by atoms with Gasteiger partial charge in [-0.1, -0.05) is 12.2 Å². The molecule has 0 saturated heterocycles. The Hall–Kier alpha value is -2.24. The Morgan fingerprint density at radius 1 is 0.714 bits per heavy atom. The highest BCUT2D eigenvalue weighted by molar-refractivity contribution is 5.68. The van der Waals surface area contributed by atoms with Crippen molar-refractivity contribution in [3.05, 3.63) is 64.7 Å². The molecule has 0 bridgehead atoms. The zero-order chi connectivity index (χ0) is 15.7. The van der Waals surface area contributed by atoms with Crippen LogP contribution in [0.2, 0.25) is 0 Å². The van der Waals surface area contributed by atoms with Gasteiger partial charge in [-0.3, -0.25) is 0 Å². The van der Waals surface area contributed by atoms with Gasteiger partial charge in [0.15, 0.2) is 29.1 Å². The minimum Gasteiger partial charge on any atom is -0.206 e. The lowest BCUT2D eigenvalue weighted by Crippen LogP contribution is -2.00. The number of halogens is 6. The van der Waals surface area contributed by atoms with Gasteiger partial charge in [0.25, 0.3) is 0 Å². The van der Waals surface area contributed by atoms with Crippen LogP contribution in [-0.2, 0) is 0 Å². The molecule has 0 aromatic heterocycles. The molecule has 0 saturated carbocycles. The topological polar surface area (TPSA) is 0 Å². The first-order valence-electron chi connectivity index (χ1n) is 5.82. The fourth-order valence-electron chi connectivity index (χ4n) is 1.88. The van der Waals surface area contributed by atoms with Crippen LogP contribution in [-0.4, -0.2) is 0 Å². The molecule has 0 heterocycles. The summed E-state index contributed by atoms with van der Waals surface area (Å²) in [5, 5.41) is 0. The molecule has 0 fully saturated rings. The monoisotopic (exact) mass is 302 g/mol. The van der Waals surface area contributed by atoms with Crippen LogP contribution >= 0.6 is 0 Å². The second-order valence-electron chi connectivity index (χ2n) is 4.20. The van der Waals surface area contributed by atoms with Crippen LogP contribution in [0.5, 0.6) is 0 Å². The number of hydrogen-bond acceptors (Lipinski definition) is 0. The highest BCUT2D eigenvalue weighted by atomic mass is 19.2. The van der Waals surface area contributed by atoms with E-state index in [1.165, 1.54) is 13.0 Å². The van der Waals surface area contributed by atoms with Gasteiger partial charge >= 0.3 is 0 Å². The SMILES string of the molecule is CC=Cc1cc(F)c(-c2cc(F)c(F)c(F)c2)c(F)c1F.